The summed E-state index contributed by atoms with van der Waals surface area (Å²) in [5.41, 5.74) is 0.392. The van der Waals surface area contributed by atoms with Crippen LogP contribution in [0.3, 0.4) is 0 Å². The fourth-order valence-corrected chi connectivity index (χ4v) is 4.42. The van der Waals surface area contributed by atoms with Gasteiger partial charge in [-0.25, -0.2) is 4.79 Å². The van der Waals surface area contributed by atoms with E-state index in [1.807, 2.05) is 19.1 Å². The minimum atomic E-state index is -0.943. The van der Waals surface area contributed by atoms with Gasteiger partial charge in [-0.05, 0) is 41.9 Å². The first kappa shape index (κ1) is 24.5. The van der Waals surface area contributed by atoms with Crippen LogP contribution in [-0.2, 0) is 24.5 Å². The number of nitrogens with one attached hydrogen (secondary N) is 2. The molecule has 1 aliphatic carbocycles. The van der Waals surface area contributed by atoms with Gasteiger partial charge < -0.3 is 20.1 Å². The molecule has 0 aromatic heterocycles. The number of hydrogen-bond donors (Lipinski definition) is 2. The summed E-state index contributed by atoms with van der Waals surface area (Å²) in [6.07, 6.45) is 3.24. The molecular weight excluding hydrogens is 426 g/mol. The van der Waals surface area contributed by atoms with Crippen LogP contribution in [0.5, 0.6) is 5.75 Å². The molecule has 2 atom stereocenters. The maximum Gasteiger partial charge on any atom is 0.326 e. The van der Waals surface area contributed by atoms with Crippen molar-refractivity contribution >= 4 is 29.5 Å². The molecule has 2 N–H and O–H groups in total. The highest BCUT2D eigenvalue weighted by atomic mass is 16.5. The number of urea groups is 1. The predicted octanol–water partition coefficient (Wildman–Crippen LogP) is 2.98. The van der Waals surface area contributed by atoms with Gasteiger partial charge in [-0.3, -0.25) is 19.3 Å². The number of amides is 4. The molecule has 4 amide bonds. The molecule has 1 aromatic rings. The zero-order valence-electron chi connectivity index (χ0n) is 19.9. The van der Waals surface area contributed by atoms with Gasteiger partial charge in [0.25, 0.3) is 11.8 Å². The lowest BCUT2D eigenvalue weighted by molar-refractivity contribution is -0.150. The summed E-state index contributed by atoms with van der Waals surface area (Å²) in [4.78, 5) is 50.9. The molecule has 0 bridgehead atoms. The van der Waals surface area contributed by atoms with E-state index in [0.29, 0.717) is 17.9 Å². The number of carbonyl (C=O) groups excluding carboxylic acids is 4. The minimum Gasteiger partial charge on any atom is -0.495 e. The largest absolute Gasteiger partial charge is 0.495 e. The molecule has 1 aromatic carbocycles. The summed E-state index contributed by atoms with van der Waals surface area (Å²) >= 11 is 0. The van der Waals surface area contributed by atoms with E-state index in [0.717, 1.165) is 29.7 Å². The number of methoxy groups -OCH3 is 1. The quantitative estimate of drug-likeness (QED) is 0.499. The Labute approximate surface area is 194 Å². The molecule has 9 heteroatoms. The SMILES string of the molecule is COc1ccc(C(C)(C)C)cc1NC(=O)COC(=O)CN1C(=O)N[C@]2(CCCC[C@H]2C)C1=O. The normalized spacial score (nSPS) is 22.8. The maximum absolute atomic E-state index is 12.9. The highest BCUT2D eigenvalue weighted by molar-refractivity contribution is 6.09. The van der Waals surface area contributed by atoms with E-state index >= 15 is 0 Å². The highest BCUT2D eigenvalue weighted by Crippen LogP contribution is 2.38. The monoisotopic (exact) mass is 459 g/mol. The van der Waals surface area contributed by atoms with Crippen molar-refractivity contribution in [3.63, 3.8) is 0 Å². The van der Waals surface area contributed by atoms with Crippen LogP contribution < -0.4 is 15.4 Å². The third-order valence-corrected chi connectivity index (χ3v) is 6.49. The summed E-state index contributed by atoms with van der Waals surface area (Å²) in [6, 6.07) is 4.91. The molecule has 0 radical (unpaired) electrons. The lowest BCUT2D eigenvalue weighted by atomic mass is 9.73. The van der Waals surface area contributed by atoms with Gasteiger partial charge in [-0.2, -0.15) is 0 Å². The molecule has 3 rings (SSSR count). The summed E-state index contributed by atoms with van der Waals surface area (Å²) in [7, 11) is 1.50. The number of anilines is 1. The van der Waals surface area contributed by atoms with E-state index in [-0.39, 0.29) is 11.3 Å². The topological polar surface area (TPSA) is 114 Å². The summed E-state index contributed by atoms with van der Waals surface area (Å²) in [5, 5.41) is 5.48. The van der Waals surface area contributed by atoms with Crippen molar-refractivity contribution in [2.45, 2.75) is 64.3 Å². The lowest BCUT2D eigenvalue weighted by Crippen LogP contribution is -2.54. The summed E-state index contributed by atoms with van der Waals surface area (Å²) in [5.74, 6) is -1.31. The van der Waals surface area contributed by atoms with Gasteiger partial charge in [0, 0.05) is 0 Å². The molecule has 9 nitrogen and oxygen atoms in total. The first-order valence-corrected chi connectivity index (χ1v) is 11.3. The first-order chi connectivity index (χ1) is 15.5. The van der Waals surface area contributed by atoms with Crippen LogP contribution >= 0.6 is 0 Å². The molecule has 1 heterocycles. The maximum atomic E-state index is 12.9. The van der Waals surface area contributed by atoms with Crippen molar-refractivity contribution in [1.29, 1.82) is 0 Å². The van der Waals surface area contributed by atoms with E-state index in [9.17, 15) is 19.2 Å². The number of carbonyl (C=O) groups is 4. The number of benzene rings is 1. The summed E-state index contributed by atoms with van der Waals surface area (Å²) < 4.78 is 10.3. The van der Waals surface area contributed by atoms with Gasteiger partial charge in [0.2, 0.25) is 0 Å². The molecule has 1 saturated heterocycles. The van der Waals surface area contributed by atoms with Crippen molar-refractivity contribution in [2.24, 2.45) is 5.92 Å². The Hall–Kier alpha value is -3.10. The van der Waals surface area contributed by atoms with Crippen molar-refractivity contribution in [2.75, 3.05) is 25.6 Å². The molecule has 1 spiro atoms. The Bertz CT molecular complexity index is 954. The fraction of sp³-hybridized carbons (Fsp3) is 0.583. The van der Waals surface area contributed by atoms with Gasteiger partial charge >= 0.3 is 12.0 Å². The second kappa shape index (κ2) is 9.41. The zero-order chi connectivity index (χ0) is 24.4. The number of esters is 1. The van der Waals surface area contributed by atoms with Crippen LogP contribution in [0.4, 0.5) is 10.5 Å². The van der Waals surface area contributed by atoms with Gasteiger partial charge in [0.15, 0.2) is 6.61 Å². The first-order valence-electron chi connectivity index (χ1n) is 11.3. The molecule has 33 heavy (non-hydrogen) atoms. The smallest absolute Gasteiger partial charge is 0.326 e. The molecule has 2 fully saturated rings. The average molecular weight is 460 g/mol. The Balaban J connectivity index is 1.58. The zero-order valence-corrected chi connectivity index (χ0v) is 19.9. The Morgan fingerprint density at radius 2 is 1.97 bits per heavy atom. The number of imide groups is 1. The highest BCUT2D eigenvalue weighted by Gasteiger charge is 2.55. The number of ether oxygens (including phenoxy) is 2. The Kier molecular flexibility index (Phi) is 7.00. The third kappa shape index (κ3) is 5.12. The molecule has 0 unspecified atom stereocenters. The molecule has 180 valence electrons. The van der Waals surface area contributed by atoms with Crippen LogP contribution in [0.25, 0.3) is 0 Å². The fourth-order valence-electron chi connectivity index (χ4n) is 4.42. The van der Waals surface area contributed by atoms with Crippen LogP contribution in [0.2, 0.25) is 0 Å². The second-order valence-electron chi connectivity index (χ2n) is 9.81. The number of rotatable bonds is 6. The Morgan fingerprint density at radius 3 is 2.61 bits per heavy atom. The predicted molar refractivity (Wildman–Crippen MR) is 122 cm³/mol. The van der Waals surface area contributed by atoms with Crippen LogP contribution in [-0.4, -0.2) is 54.5 Å². The number of hydrogen-bond acceptors (Lipinski definition) is 6. The molecular formula is C24H33N3O6. The second-order valence-corrected chi connectivity index (χ2v) is 9.81. The molecule has 1 saturated carbocycles. The van der Waals surface area contributed by atoms with E-state index < -0.39 is 42.5 Å². The molecule has 2 aliphatic rings. The van der Waals surface area contributed by atoms with Gasteiger partial charge in [0.05, 0.1) is 12.8 Å². The van der Waals surface area contributed by atoms with Crippen molar-refractivity contribution in [3.05, 3.63) is 23.8 Å². The van der Waals surface area contributed by atoms with Crippen molar-refractivity contribution in [3.8, 4) is 5.75 Å². The standard InChI is InChI=1S/C24H33N3O6/c1-15-8-6-7-11-24(15)21(30)27(22(31)26-24)13-20(29)33-14-19(28)25-17-12-16(23(2,3)4)9-10-18(17)32-5/h9-10,12,15H,6-8,11,13-14H2,1-5H3,(H,25,28)(H,26,31)/t15-,24+/m1/s1. The summed E-state index contributed by atoms with van der Waals surface area (Å²) in [6.45, 7) is 7.01. The van der Waals surface area contributed by atoms with E-state index in [1.165, 1.54) is 7.11 Å². The average Bonchev–Trinajstić information content (AvgIpc) is 2.98. The van der Waals surface area contributed by atoms with E-state index in [4.69, 9.17) is 9.47 Å². The Morgan fingerprint density at radius 1 is 1.24 bits per heavy atom. The minimum absolute atomic E-state index is 0.00617. The number of nitrogens with zero attached hydrogens (tertiary/aromatic N) is 1. The third-order valence-electron chi connectivity index (χ3n) is 6.49. The van der Waals surface area contributed by atoms with Crippen molar-refractivity contribution in [1.82, 2.24) is 10.2 Å². The van der Waals surface area contributed by atoms with Crippen LogP contribution in [0.15, 0.2) is 18.2 Å². The van der Waals surface area contributed by atoms with Gasteiger partial charge in [0.1, 0.15) is 17.8 Å². The van der Waals surface area contributed by atoms with Crippen LogP contribution in [0.1, 0.15) is 58.9 Å². The molecule has 1 aliphatic heterocycles. The van der Waals surface area contributed by atoms with Gasteiger partial charge in [-0.15, -0.1) is 0 Å². The van der Waals surface area contributed by atoms with E-state index in [2.05, 4.69) is 31.4 Å². The lowest BCUT2D eigenvalue weighted by Gasteiger charge is -2.36. The van der Waals surface area contributed by atoms with Gasteiger partial charge in [-0.1, -0.05) is 46.6 Å². The van der Waals surface area contributed by atoms with Crippen molar-refractivity contribution < 1.29 is 28.7 Å². The van der Waals surface area contributed by atoms with E-state index in [1.54, 1.807) is 6.07 Å². The van der Waals surface area contributed by atoms with Crippen LogP contribution in [0, 0.1) is 5.92 Å².